The third-order valence-electron chi connectivity index (χ3n) is 0.496. The van der Waals surface area contributed by atoms with Crippen molar-refractivity contribution in [1.82, 2.24) is 9.25 Å². The van der Waals surface area contributed by atoms with Gasteiger partial charge in [-0.2, -0.15) is 4.83 Å². The molecule has 2 nitrogen and oxygen atoms in total. The maximum atomic E-state index is 4.72. The second kappa shape index (κ2) is 2.13. The fourth-order valence-corrected chi connectivity index (χ4v) is 1.17. The van der Waals surface area contributed by atoms with Crippen LogP contribution < -0.4 is 4.83 Å². The van der Waals surface area contributed by atoms with Crippen LogP contribution in [0.25, 0.3) is 0 Å². The van der Waals surface area contributed by atoms with Crippen molar-refractivity contribution in [2.24, 2.45) is 0 Å². The highest BCUT2D eigenvalue weighted by Gasteiger charge is 2.07. The standard InChI is InChI=1S/C2H2N2S3/c5-2-1-7-3-4(2)6/h1,3H. The molecule has 38 valence electrons. The van der Waals surface area contributed by atoms with Gasteiger partial charge in [-0.1, -0.05) is 12.6 Å². The van der Waals surface area contributed by atoms with Gasteiger partial charge in [0.25, 0.3) is 0 Å². The van der Waals surface area contributed by atoms with Crippen molar-refractivity contribution in [3.8, 4) is 0 Å². The van der Waals surface area contributed by atoms with E-state index in [1.54, 1.807) is 5.41 Å². The first-order valence-electron chi connectivity index (χ1n) is 1.56. The predicted octanol–water partition coefficient (Wildman–Crippen LogP) is 1.56. The van der Waals surface area contributed by atoms with E-state index < -0.39 is 0 Å². The van der Waals surface area contributed by atoms with E-state index in [4.69, 9.17) is 12.6 Å². The van der Waals surface area contributed by atoms with E-state index in [1.807, 2.05) is 0 Å². The summed E-state index contributed by atoms with van der Waals surface area (Å²) in [6.07, 6.45) is 0. The second-order valence-electron chi connectivity index (χ2n) is 0.960. The molecule has 1 heterocycles. The molecule has 0 aromatic rings. The maximum absolute atomic E-state index is 4.72. The van der Waals surface area contributed by atoms with Crippen LogP contribution in [0.4, 0.5) is 0 Å². The fraction of sp³-hybridized carbons (Fsp3) is 0. The van der Waals surface area contributed by atoms with E-state index >= 15 is 0 Å². The lowest BCUT2D eigenvalue weighted by Gasteiger charge is -2.03. The van der Waals surface area contributed by atoms with E-state index in [9.17, 15) is 0 Å². The quantitative estimate of drug-likeness (QED) is 0.528. The van der Waals surface area contributed by atoms with Gasteiger partial charge in [0, 0.05) is 5.41 Å². The third kappa shape index (κ3) is 1.16. The van der Waals surface area contributed by atoms with Gasteiger partial charge in [-0.3, -0.25) is 0 Å². The number of rotatable bonds is 0. The molecule has 1 aliphatic rings. The van der Waals surface area contributed by atoms with Crippen molar-refractivity contribution in [1.29, 1.82) is 0 Å². The van der Waals surface area contributed by atoms with Gasteiger partial charge in [-0.15, -0.1) is 0 Å². The zero-order valence-corrected chi connectivity index (χ0v) is 5.70. The van der Waals surface area contributed by atoms with E-state index in [0.717, 1.165) is 0 Å². The molecule has 0 saturated heterocycles. The Morgan fingerprint density at radius 1 is 1.86 bits per heavy atom. The van der Waals surface area contributed by atoms with Gasteiger partial charge in [0.15, 0.2) is 0 Å². The number of nitrogens with zero attached hydrogens (tertiary/aromatic N) is 1. The topological polar surface area (TPSA) is 15.3 Å². The van der Waals surface area contributed by atoms with Crippen molar-refractivity contribution in [3.63, 3.8) is 0 Å². The summed E-state index contributed by atoms with van der Waals surface area (Å²) in [5.41, 5.74) is 0. The highest BCUT2D eigenvalue weighted by molar-refractivity contribution is 8.02. The monoisotopic (exact) mass is 150 g/mol. The number of nitrogens with one attached hydrogen (secondary N) is 1. The van der Waals surface area contributed by atoms with Gasteiger partial charge in [0.2, 0.25) is 0 Å². The molecular weight excluding hydrogens is 148 g/mol. The molecule has 0 spiro atoms. The highest BCUT2D eigenvalue weighted by atomic mass is 32.2. The molecule has 0 saturated carbocycles. The Morgan fingerprint density at radius 3 is 2.71 bits per heavy atom. The van der Waals surface area contributed by atoms with Crippen LogP contribution in [0.3, 0.4) is 0 Å². The molecule has 7 heavy (non-hydrogen) atoms. The smallest absolute Gasteiger partial charge is 0.137 e. The van der Waals surface area contributed by atoms with Crippen molar-refractivity contribution in [2.75, 3.05) is 0 Å². The fourth-order valence-electron chi connectivity index (χ4n) is 0.217. The minimum atomic E-state index is 0.667. The first kappa shape index (κ1) is 5.55. The van der Waals surface area contributed by atoms with Gasteiger partial charge in [0.1, 0.15) is 5.03 Å². The van der Waals surface area contributed by atoms with Crippen LogP contribution >= 0.6 is 37.4 Å². The van der Waals surface area contributed by atoms with Gasteiger partial charge in [-0.25, -0.2) is 4.41 Å². The molecule has 0 aliphatic carbocycles. The number of hydrazine groups is 1. The Morgan fingerprint density at radius 2 is 2.57 bits per heavy atom. The average molecular weight is 150 g/mol. The minimum absolute atomic E-state index is 0.667. The Balaban J connectivity index is 2.54. The summed E-state index contributed by atoms with van der Waals surface area (Å²) in [5, 5.41) is 2.45. The molecule has 1 rings (SSSR count). The van der Waals surface area contributed by atoms with Crippen LogP contribution in [0.2, 0.25) is 0 Å². The Labute approximate surface area is 57.4 Å². The van der Waals surface area contributed by atoms with E-state index in [1.165, 1.54) is 16.4 Å². The lowest BCUT2D eigenvalue weighted by Crippen LogP contribution is -2.13. The molecule has 0 aromatic carbocycles. The molecule has 5 heteroatoms. The van der Waals surface area contributed by atoms with Crippen LogP contribution in [0.1, 0.15) is 0 Å². The molecule has 0 unspecified atom stereocenters. The highest BCUT2D eigenvalue weighted by Crippen LogP contribution is 2.20. The lowest BCUT2D eigenvalue weighted by atomic mass is 11.0. The zero-order valence-electron chi connectivity index (χ0n) is 3.25. The Bertz CT molecular complexity index is 101. The van der Waals surface area contributed by atoms with Gasteiger partial charge in [-0.05, 0) is 11.9 Å². The second-order valence-corrected chi connectivity index (χ2v) is 2.40. The van der Waals surface area contributed by atoms with Crippen LogP contribution in [-0.2, 0) is 0 Å². The van der Waals surface area contributed by atoms with Crippen molar-refractivity contribution < 1.29 is 0 Å². The molecule has 0 amide bonds. The normalized spacial score (nSPS) is 20.1. The lowest BCUT2D eigenvalue weighted by molar-refractivity contribution is 0.616. The Hall–Kier alpha value is 0.420. The van der Waals surface area contributed by atoms with Crippen molar-refractivity contribution >= 4 is 37.4 Å². The predicted molar refractivity (Wildman–Crippen MR) is 35.8 cm³/mol. The first-order valence-corrected chi connectivity index (χ1v) is 3.22. The zero-order chi connectivity index (χ0) is 5.28. The summed E-state index contributed by atoms with van der Waals surface area (Å²) >= 11 is 10.8. The van der Waals surface area contributed by atoms with Gasteiger partial charge in [0.05, 0.1) is 12.8 Å². The molecule has 0 fully saturated rings. The van der Waals surface area contributed by atoms with E-state index in [-0.39, 0.29) is 0 Å². The molecule has 1 N–H and O–H groups in total. The molecule has 0 aromatic heterocycles. The average Bonchev–Trinajstić information content (AvgIpc) is 1.91. The number of hydrogen-bond donors (Lipinski definition) is 1. The summed E-state index contributed by atoms with van der Waals surface area (Å²) in [5.74, 6) is 0. The summed E-state index contributed by atoms with van der Waals surface area (Å²) in [6.45, 7) is 0. The van der Waals surface area contributed by atoms with Crippen LogP contribution in [0.5, 0.6) is 0 Å². The summed E-state index contributed by atoms with van der Waals surface area (Å²) < 4.78 is 1.38. The number of hydrogen-bond acceptors (Lipinski definition) is 3. The van der Waals surface area contributed by atoms with E-state index in [2.05, 4.69) is 17.6 Å². The molecular formula is C2H2N2S3. The molecule has 2 radical (unpaired) electrons. The first-order chi connectivity index (χ1) is 3.30. The molecule has 0 atom stereocenters. The van der Waals surface area contributed by atoms with Crippen LogP contribution in [-0.4, -0.2) is 4.41 Å². The third-order valence-corrected chi connectivity index (χ3v) is 2.09. The summed E-state index contributed by atoms with van der Waals surface area (Å²) in [4.78, 5) is 2.74. The van der Waals surface area contributed by atoms with Crippen LogP contribution in [0, 0.1) is 0 Å². The summed E-state index contributed by atoms with van der Waals surface area (Å²) in [7, 11) is 0. The maximum Gasteiger partial charge on any atom is 0.137 e. The molecule has 0 bridgehead atoms. The SMILES string of the molecule is [S]C1=CSNN1[S]. The minimum Gasteiger partial charge on any atom is -0.217 e. The van der Waals surface area contributed by atoms with E-state index in [0.29, 0.717) is 5.03 Å². The van der Waals surface area contributed by atoms with Crippen molar-refractivity contribution in [3.05, 3.63) is 10.4 Å². The Kier molecular flexibility index (Phi) is 1.69. The van der Waals surface area contributed by atoms with Crippen LogP contribution in [0.15, 0.2) is 10.4 Å². The van der Waals surface area contributed by atoms with Gasteiger partial charge < -0.3 is 0 Å². The largest absolute Gasteiger partial charge is 0.217 e. The van der Waals surface area contributed by atoms with Crippen molar-refractivity contribution in [2.45, 2.75) is 0 Å². The van der Waals surface area contributed by atoms with Gasteiger partial charge >= 0.3 is 0 Å². The summed E-state index contributed by atoms with van der Waals surface area (Å²) in [6, 6.07) is 0. The molecule has 1 aliphatic heterocycles.